The van der Waals surface area contributed by atoms with E-state index in [1.54, 1.807) is 14.2 Å². The number of hydrogen-bond acceptors (Lipinski definition) is 4. The second-order valence-electron chi connectivity index (χ2n) is 17.5. The van der Waals surface area contributed by atoms with Crippen molar-refractivity contribution in [2.45, 2.75) is 25.4 Å². The Morgan fingerprint density at radius 3 is 1.00 bits per heavy atom. The van der Waals surface area contributed by atoms with Crippen LogP contribution in [0.5, 0.6) is 11.5 Å². The van der Waals surface area contributed by atoms with Gasteiger partial charge in [0.25, 0.3) is 0 Å². The van der Waals surface area contributed by atoms with Crippen LogP contribution in [0.15, 0.2) is 243 Å². The van der Waals surface area contributed by atoms with Gasteiger partial charge in [-0.05, 0) is 122 Å². The Balaban J connectivity index is 0.000000224. The van der Waals surface area contributed by atoms with Crippen molar-refractivity contribution in [1.29, 1.82) is 0 Å². The maximum absolute atomic E-state index is 6.86. The summed E-state index contributed by atoms with van der Waals surface area (Å²) in [4.78, 5) is 0. The fourth-order valence-electron chi connectivity index (χ4n) is 9.39. The van der Waals surface area contributed by atoms with Crippen LogP contribution >= 0.6 is 35.2 Å². The fraction of sp³-hybridized carbons (Fsp3) is 0.111. The van der Waals surface area contributed by atoms with Gasteiger partial charge in [-0.2, -0.15) is 0 Å². The van der Waals surface area contributed by atoms with Gasteiger partial charge >= 0.3 is 34.5 Å². The molecule has 0 bridgehead atoms. The topological polar surface area (TPSA) is 70.5 Å². The van der Waals surface area contributed by atoms with E-state index in [1.165, 1.54) is 64.5 Å². The minimum Gasteiger partial charge on any atom is -0.0622 e. The molecule has 0 fully saturated rings. The quantitative estimate of drug-likeness (QED) is 0.0892. The van der Waals surface area contributed by atoms with Crippen molar-refractivity contribution >= 4 is 88.6 Å². The van der Waals surface area contributed by atoms with E-state index in [4.69, 9.17) is 40.3 Å². The van der Waals surface area contributed by atoms with Crippen LogP contribution in [-0.2, 0) is 20.7 Å². The van der Waals surface area contributed by atoms with Crippen LogP contribution in [0.1, 0.15) is 25.0 Å². The summed E-state index contributed by atoms with van der Waals surface area (Å²) >= 11 is -0.346. The molecule has 364 valence electrons. The molecule has 0 saturated carbocycles. The summed E-state index contributed by atoms with van der Waals surface area (Å²) in [5.41, 5.74) is 17.2. The van der Waals surface area contributed by atoms with E-state index in [0.29, 0.717) is 0 Å². The molecule has 0 heterocycles. The first-order valence-corrected chi connectivity index (χ1v) is 30.9. The summed E-state index contributed by atoms with van der Waals surface area (Å²) in [6.45, 7) is 4.17. The van der Waals surface area contributed by atoms with E-state index in [1.807, 2.05) is 48.5 Å². The maximum atomic E-state index is 6.86. The number of nitrogens with two attached hydrogens (primary N) is 2. The van der Waals surface area contributed by atoms with Crippen LogP contribution in [0.2, 0.25) is 0 Å². The Kier molecular flexibility index (Phi) is 18.5. The Morgan fingerprint density at radius 2 is 0.708 bits per heavy atom. The molecule has 0 aromatic heterocycles. The molecule has 10 rings (SSSR count). The average Bonchev–Trinajstić information content (AvgIpc) is 3.44. The van der Waals surface area contributed by atoms with E-state index in [2.05, 4.69) is 208 Å². The van der Waals surface area contributed by atoms with Gasteiger partial charge in [0.1, 0.15) is 11.5 Å². The maximum Gasteiger partial charge on any atom is -0.000884 e. The van der Waals surface area contributed by atoms with Gasteiger partial charge in [0.2, 0.25) is 0 Å². The van der Waals surface area contributed by atoms with Crippen LogP contribution in [0.25, 0.3) is 32.7 Å². The second kappa shape index (κ2) is 25.3. The van der Waals surface area contributed by atoms with Gasteiger partial charge in [-0.3, -0.25) is 0 Å². The van der Waals surface area contributed by atoms with Crippen LogP contribution in [0, 0.1) is 5.92 Å². The predicted octanol–water partition coefficient (Wildman–Crippen LogP) is 13.4. The van der Waals surface area contributed by atoms with Gasteiger partial charge in [0.05, 0.1) is 19.8 Å². The van der Waals surface area contributed by atoms with Crippen molar-refractivity contribution in [3.8, 4) is 22.6 Å². The van der Waals surface area contributed by atoms with Crippen molar-refractivity contribution in [2.75, 3.05) is 14.2 Å². The van der Waals surface area contributed by atoms with Crippen LogP contribution in [0.4, 0.5) is 0 Å². The molecule has 72 heavy (non-hydrogen) atoms. The van der Waals surface area contributed by atoms with Crippen molar-refractivity contribution in [2.24, 2.45) is 17.4 Å². The number of rotatable bonds is 13. The largest absolute Gasteiger partial charge is 0.0622 e. The molecule has 4 N–H and O–H groups in total. The van der Waals surface area contributed by atoms with E-state index in [0.717, 1.165) is 22.6 Å². The Morgan fingerprint density at radius 1 is 0.417 bits per heavy atom. The number of halogens is 2. The Hall–Kier alpha value is -5.70. The molecule has 0 amide bonds. The zero-order chi connectivity index (χ0) is 50.5. The smallest absolute Gasteiger partial charge is 0.000884 e. The number of benzene rings is 10. The van der Waals surface area contributed by atoms with E-state index >= 15 is 0 Å². The Bertz CT molecular complexity index is 2990. The first-order chi connectivity index (χ1) is 35.2. The first kappa shape index (κ1) is 52.6. The summed E-state index contributed by atoms with van der Waals surface area (Å²) in [5, 5.41) is 13.3. The summed E-state index contributed by atoms with van der Waals surface area (Å²) < 4.78 is 10.5. The molecular weight excluding hydrogens is 1050 g/mol. The van der Waals surface area contributed by atoms with E-state index < -0.39 is 21.4 Å². The summed E-state index contributed by atoms with van der Waals surface area (Å²) in [6, 6.07) is 87.1. The van der Waals surface area contributed by atoms with Crippen LogP contribution in [0.3, 0.4) is 0 Å². The van der Waals surface area contributed by atoms with Crippen molar-refractivity contribution < 1.29 is 24.6 Å². The number of methoxy groups -OCH3 is 2. The van der Waals surface area contributed by atoms with Crippen LogP contribution in [-0.4, -0.2) is 20.3 Å². The molecule has 0 aliphatic rings. The molecule has 1 unspecified atom stereocenters. The van der Waals surface area contributed by atoms with Gasteiger partial charge in [0, 0.05) is 6.04 Å². The summed E-state index contributed by atoms with van der Waals surface area (Å²) in [5.74, 6) is 1.82. The molecule has 1 atom stereocenters. The summed E-state index contributed by atoms with van der Waals surface area (Å²) in [6.07, 6.45) is 0. The van der Waals surface area contributed by atoms with Gasteiger partial charge in [-0.15, -0.1) is 0 Å². The zero-order valence-corrected chi connectivity index (χ0v) is 45.8. The normalized spacial score (nSPS) is 11.8. The average molecular weight is 1110 g/mol. The molecular formula is C63H58Cl2N2O2P2Ru. The fourth-order valence-corrected chi connectivity index (χ4v) is 14.3. The first-order valence-electron chi connectivity index (χ1n) is 23.7. The van der Waals surface area contributed by atoms with Gasteiger partial charge in [-0.1, -0.05) is 232 Å². The molecule has 10 aromatic carbocycles. The third-order valence-corrected chi connectivity index (χ3v) is 17.9. The SMILES string of the molecule is COc1ccc(C(N)(c2ccc(OC)cc2)C(N)C(C)C)cc1.[Cl][Ru][Cl].c1ccc(P(c2ccccc2)c2ccc3ccccc3c2-c2c(P(c3ccccc3)c3ccccc3)ccc3ccccc23)cc1. The monoisotopic (exact) mass is 1110 g/mol. The van der Waals surface area contributed by atoms with Gasteiger partial charge < -0.3 is 20.9 Å². The van der Waals surface area contributed by atoms with Gasteiger partial charge in [0.15, 0.2) is 0 Å². The second-order valence-corrected chi connectivity index (χ2v) is 24.5. The van der Waals surface area contributed by atoms with Crippen molar-refractivity contribution in [3.63, 3.8) is 0 Å². The van der Waals surface area contributed by atoms with Crippen molar-refractivity contribution in [3.05, 3.63) is 254 Å². The molecule has 10 aromatic rings. The summed E-state index contributed by atoms with van der Waals surface area (Å²) in [7, 11) is 11.3. The van der Waals surface area contributed by atoms with E-state index in [-0.39, 0.29) is 27.1 Å². The molecule has 0 spiro atoms. The minimum absolute atomic E-state index is 0.226. The molecule has 0 aliphatic carbocycles. The van der Waals surface area contributed by atoms with Crippen LogP contribution < -0.4 is 52.8 Å². The third-order valence-electron chi connectivity index (χ3n) is 13.0. The molecule has 0 radical (unpaired) electrons. The molecule has 9 heteroatoms. The molecule has 0 saturated heterocycles. The minimum atomic E-state index is -0.852. The zero-order valence-electron chi connectivity index (χ0n) is 40.7. The standard InChI is InChI=1S/C44H32P2.C19H26N2O2.2ClH.Ru/c1-5-19-35(20-6-1)45(36-21-7-2-8-22-36)41-31-29-33-17-13-15-27-39(33)43(41)44-40-28-16-14-18-34(40)30-32-42(44)46(37-23-9-3-10-24-37)38-25-11-4-12-26-38;1-13(2)18(20)19(21,14-5-9-16(22-3)10-6-14)15-7-11-17(23-4)12-8-15;;;/h1-32H;5-13,18H,20-21H2,1-4H3;2*1H;/q;;;;+2/p-2. The Labute approximate surface area is 443 Å². The third kappa shape index (κ3) is 11.7. The number of hydrogen-bond donors (Lipinski definition) is 2. The van der Waals surface area contributed by atoms with Gasteiger partial charge in [-0.25, -0.2) is 0 Å². The molecule has 4 nitrogen and oxygen atoms in total. The number of fused-ring (bicyclic) bond motifs is 2. The van der Waals surface area contributed by atoms with E-state index in [9.17, 15) is 0 Å². The number of ether oxygens (including phenoxy) is 2. The predicted molar refractivity (Wildman–Crippen MR) is 310 cm³/mol. The molecule has 0 aliphatic heterocycles. The van der Waals surface area contributed by atoms with Crippen molar-refractivity contribution in [1.82, 2.24) is 0 Å².